The lowest BCUT2D eigenvalue weighted by atomic mass is 9.93. The molecule has 0 spiro atoms. The highest BCUT2D eigenvalue weighted by Gasteiger charge is 2.17. The zero-order valence-electron chi connectivity index (χ0n) is 10.5. The van der Waals surface area contributed by atoms with Gasteiger partial charge in [0.25, 0.3) is 0 Å². The van der Waals surface area contributed by atoms with Crippen LogP contribution in [0.4, 0.5) is 0 Å². The van der Waals surface area contributed by atoms with E-state index in [1.165, 1.54) is 0 Å². The van der Waals surface area contributed by atoms with Gasteiger partial charge in [-0.2, -0.15) is 0 Å². The van der Waals surface area contributed by atoms with Crippen LogP contribution in [0.3, 0.4) is 0 Å². The Labute approximate surface area is 96.5 Å². The van der Waals surface area contributed by atoms with Crippen molar-refractivity contribution in [2.45, 2.75) is 46.5 Å². The summed E-state index contributed by atoms with van der Waals surface area (Å²) in [4.78, 5) is 15.5. The number of carboxylic acids is 1. The summed E-state index contributed by atoms with van der Waals surface area (Å²) in [6.45, 7) is 10.0. The summed E-state index contributed by atoms with van der Waals surface area (Å²) in [5, 5.41) is 9.06. The maximum Gasteiger partial charge on any atom is 0.337 e. The van der Waals surface area contributed by atoms with E-state index in [0.29, 0.717) is 23.1 Å². The van der Waals surface area contributed by atoms with E-state index in [1.54, 1.807) is 13.0 Å². The van der Waals surface area contributed by atoms with Gasteiger partial charge in [-0.3, -0.25) is 4.98 Å². The molecular weight excluding hydrogens is 202 g/mol. The minimum Gasteiger partial charge on any atom is -0.478 e. The fraction of sp³-hybridized carbons (Fsp3) is 0.538. The number of carboxylic acid groups (broad SMARTS) is 1. The lowest BCUT2D eigenvalue weighted by Gasteiger charge is -2.16. The summed E-state index contributed by atoms with van der Waals surface area (Å²) < 4.78 is 0. The lowest BCUT2D eigenvalue weighted by molar-refractivity contribution is 0.0695. The fourth-order valence-corrected chi connectivity index (χ4v) is 1.78. The second-order valence-electron chi connectivity index (χ2n) is 4.71. The lowest BCUT2D eigenvalue weighted by Crippen LogP contribution is -2.09. The topological polar surface area (TPSA) is 50.2 Å². The summed E-state index contributed by atoms with van der Waals surface area (Å²) in [5.41, 5.74) is 2.96. The highest BCUT2D eigenvalue weighted by molar-refractivity contribution is 5.89. The van der Waals surface area contributed by atoms with Crippen molar-refractivity contribution >= 4 is 5.97 Å². The van der Waals surface area contributed by atoms with E-state index in [2.05, 4.69) is 32.7 Å². The SMILES string of the molecule is Cc1nc(C(C)C)c(C(C)C)cc1C(=O)O. The molecule has 0 aliphatic heterocycles. The van der Waals surface area contributed by atoms with Gasteiger partial charge in [0.2, 0.25) is 0 Å². The monoisotopic (exact) mass is 221 g/mol. The molecule has 0 atom stereocenters. The van der Waals surface area contributed by atoms with E-state index in [9.17, 15) is 4.79 Å². The van der Waals surface area contributed by atoms with Gasteiger partial charge in [0, 0.05) is 5.69 Å². The molecule has 1 N–H and O–H groups in total. The number of carbonyl (C=O) groups is 1. The molecule has 1 aromatic rings. The van der Waals surface area contributed by atoms with Gasteiger partial charge in [0.1, 0.15) is 0 Å². The third-order valence-electron chi connectivity index (χ3n) is 2.67. The molecule has 0 radical (unpaired) electrons. The first-order valence-electron chi connectivity index (χ1n) is 5.59. The molecule has 0 unspecified atom stereocenters. The average molecular weight is 221 g/mol. The number of aryl methyl sites for hydroxylation is 1. The molecule has 0 aliphatic carbocycles. The van der Waals surface area contributed by atoms with Gasteiger partial charge in [-0.25, -0.2) is 4.79 Å². The van der Waals surface area contributed by atoms with Crippen molar-refractivity contribution in [2.75, 3.05) is 0 Å². The van der Waals surface area contributed by atoms with Crippen LogP contribution in [-0.2, 0) is 0 Å². The molecule has 0 aliphatic rings. The van der Waals surface area contributed by atoms with Gasteiger partial charge in [-0.1, -0.05) is 27.7 Å². The molecule has 0 fully saturated rings. The van der Waals surface area contributed by atoms with Crippen LogP contribution in [0.2, 0.25) is 0 Å². The van der Waals surface area contributed by atoms with Crippen LogP contribution in [0.5, 0.6) is 0 Å². The Bertz CT molecular complexity index is 409. The quantitative estimate of drug-likeness (QED) is 0.851. The highest BCUT2D eigenvalue weighted by Crippen LogP contribution is 2.26. The highest BCUT2D eigenvalue weighted by atomic mass is 16.4. The van der Waals surface area contributed by atoms with Crippen molar-refractivity contribution in [1.29, 1.82) is 0 Å². The molecule has 3 heteroatoms. The minimum absolute atomic E-state index is 0.295. The minimum atomic E-state index is -0.901. The van der Waals surface area contributed by atoms with Gasteiger partial charge in [0.15, 0.2) is 0 Å². The first-order chi connectivity index (χ1) is 7.34. The predicted molar refractivity (Wildman–Crippen MR) is 64.1 cm³/mol. The fourth-order valence-electron chi connectivity index (χ4n) is 1.78. The van der Waals surface area contributed by atoms with E-state index in [-0.39, 0.29) is 0 Å². The number of rotatable bonds is 3. The number of hydrogen-bond acceptors (Lipinski definition) is 2. The van der Waals surface area contributed by atoms with Crippen LogP contribution in [-0.4, -0.2) is 16.1 Å². The molecule has 1 aromatic heterocycles. The number of nitrogens with zero attached hydrogens (tertiary/aromatic N) is 1. The second kappa shape index (κ2) is 4.64. The smallest absolute Gasteiger partial charge is 0.337 e. The molecule has 0 bridgehead atoms. The first kappa shape index (κ1) is 12.7. The van der Waals surface area contributed by atoms with Crippen LogP contribution in [0.25, 0.3) is 0 Å². The first-order valence-corrected chi connectivity index (χ1v) is 5.59. The Morgan fingerprint density at radius 3 is 2.19 bits per heavy atom. The Morgan fingerprint density at radius 1 is 1.25 bits per heavy atom. The Kier molecular flexibility index (Phi) is 3.68. The van der Waals surface area contributed by atoms with Crippen LogP contribution in [0, 0.1) is 6.92 Å². The maximum absolute atomic E-state index is 11.0. The summed E-state index contributed by atoms with van der Waals surface area (Å²) >= 11 is 0. The van der Waals surface area contributed by atoms with Crippen molar-refractivity contribution in [1.82, 2.24) is 4.98 Å². The van der Waals surface area contributed by atoms with E-state index in [1.807, 2.05) is 0 Å². The van der Waals surface area contributed by atoms with Gasteiger partial charge in [-0.15, -0.1) is 0 Å². The molecule has 1 heterocycles. The molecule has 16 heavy (non-hydrogen) atoms. The number of hydrogen-bond donors (Lipinski definition) is 1. The van der Waals surface area contributed by atoms with Gasteiger partial charge >= 0.3 is 5.97 Å². The molecule has 0 aromatic carbocycles. The second-order valence-corrected chi connectivity index (χ2v) is 4.71. The summed E-state index contributed by atoms with van der Waals surface area (Å²) in [6.07, 6.45) is 0. The van der Waals surface area contributed by atoms with Crippen molar-refractivity contribution in [3.63, 3.8) is 0 Å². The maximum atomic E-state index is 11.0. The zero-order valence-corrected chi connectivity index (χ0v) is 10.5. The normalized spacial score (nSPS) is 11.2. The molecule has 0 amide bonds. The largest absolute Gasteiger partial charge is 0.478 e. The van der Waals surface area contributed by atoms with Crippen molar-refractivity contribution in [3.8, 4) is 0 Å². The van der Waals surface area contributed by atoms with Crippen molar-refractivity contribution < 1.29 is 9.90 Å². The summed E-state index contributed by atoms with van der Waals surface area (Å²) in [5.74, 6) is -0.287. The van der Waals surface area contributed by atoms with Crippen molar-refractivity contribution in [3.05, 3.63) is 28.6 Å². The Hall–Kier alpha value is -1.38. The van der Waals surface area contributed by atoms with Gasteiger partial charge in [-0.05, 0) is 30.4 Å². The van der Waals surface area contributed by atoms with Crippen LogP contribution in [0.15, 0.2) is 6.07 Å². The number of pyridine rings is 1. The summed E-state index contributed by atoms with van der Waals surface area (Å²) in [6, 6.07) is 1.77. The van der Waals surface area contributed by atoms with E-state index in [0.717, 1.165) is 11.3 Å². The van der Waals surface area contributed by atoms with Crippen LogP contribution in [0.1, 0.15) is 66.8 Å². The van der Waals surface area contributed by atoms with E-state index in [4.69, 9.17) is 5.11 Å². The Morgan fingerprint density at radius 2 is 1.81 bits per heavy atom. The van der Waals surface area contributed by atoms with Crippen LogP contribution < -0.4 is 0 Å². The predicted octanol–water partition coefficient (Wildman–Crippen LogP) is 3.34. The average Bonchev–Trinajstić information content (AvgIpc) is 2.15. The molecule has 3 nitrogen and oxygen atoms in total. The summed E-state index contributed by atoms with van der Waals surface area (Å²) in [7, 11) is 0. The molecule has 88 valence electrons. The van der Waals surface area contributed by atoms with Gasteiger partial charge in [0.05, 0.1) is 11.3 Å². The molecule has 0 saturated carbocycles. The van der Waals surface area contributed by atoms with E-state index >= 15 is 0 Å². The van der Waals surface area contributed by atoms with Crippen LogP contribution >= 0.6 is 0 Å². The molecule has 0 saturated heterocycles. The number of aromatic nitrogens is 1. The van der Waals surface area contributed by atoms with Crippen molar-refractivity contribution in [2.24, 2.45) is 0 Å². The Balaban J connectivity index is 3.43. The molecule has 1 rings (SSSR count). The third-order valence-corrected chi connectivity index (χ3v) is 2.67. The van der Waals surface area contributed by atoms with Gasteiger partial charge < -0.3 is 5.11 Å². The number of aromatic carboxylic acids is 1. The zero-order chi connectivity index (χ0) is 12.5. The standard InChI is InChI=1S/C13H19NO2/c1-7(2)10-6-11(13(15)16)9(5)14-12(10)8(3)4/h6-8H,1-5H3,(H,15,16). The van der Waals surface area contributed by atoms with E-state index < -0.39 is 5.97 Å². The third kappa shape index (κ3) is 2.40. The molecular formula is C13H19NO2.